The molecular weight excluding hydrogens is 611 g/mol. The van der Waals surface area contributed by atoms with Gasteiger partial charge in [-0.1, -0.05) is 0 Å². The van der Waals surface area contributed by atoms with Crippen LogP contribution in [0.1, 0.15) is 56.3 Å². The van der Waals surface area contributed by atoms with Gasteiger partial charge in [0.2, 0.25) is 0 Å². The van der Waals surface area contributed by atoms with Gasteiger partial charge in [-0.3, -0.25) is 0 Å². The second-order valence-corrected chi connectivity index (χ2v) is 29.0. The molecule has 2 unspecified atom stereocenters. The van der Waals surface area contributed by atoms with Crippen molar-refractivity contribution in [2.45, 2.75) is 43.4 Å². The van der Waals surface area contributed by atoms with Crippen molar-refractivity contribution in [1.82, 2.24) is 0 Å². The Morgan fingerprint density at radius 2 is 0.919 bits per heavy atom. The summed E-state index contributed by atoms with van der Waals surface area (Å²) in [6.07, 6.45) is 2.26. The van der Waals surface area contributed by atoms with Gasteiger partial charge in [-0.15, -0.1) is 0 Å². The molecule has 7 rings (SSSR count). The molecule has 3 aliphatic rings. The Hall–Kier alpha value is -2.77. The molecule has 1 heteroatoms. The van der Waals surface area contributed by atoms with Crippen LogP contribution in [0.5, 0.6) is 0 Å². The Kier molecular flexibility index (Phi) is 5.45. The number of rotatable bonds is 2. The topological polar surface area (TPSA) is 0 Å². The third kappa shape index (κ3) is 3.36. The summed E-state index contributed by atoms with van der Waals surface area (Å²) in [5.74, 6) is 0. The van der Waals surface area contributed by atoms with Crippen molar-refractivity contribution in [2.75, 3.05) is 0 Å². The Labute approximate surface area is 226 Å². The average molecular weight is 645 g/mol. The molecule has 182 valence electrons. The van der Waals surface area contributed by atoms with Crippen molar-refractivity contribution in [3.8, 4) is 22.3 Å². The van der Waals surface area contributed by atoms with E-state index < -0.39 is 20.0 Å². The van der Waals surface area contributed by atoms with Crippen molar-refractivity contribution >= 4 is 11.1 Å². The molecule has 0 spiro atoms. The zero-order valence-electron chi connectivity index (χ0n) is 22.3. The van der Waals surface area contributed by atoms with Crippen molar-refractivity contribution in [3.05, 3.63) is 130 Å². The van der Waals surface area contributed by atoms with Crippen molar-refractivity contribution in [2.24, 2.45) is 0 Å². The number of hydrogen-bond acceptors (Lipinski definition) is 0. The zero-order chi connectivity index (χ0) is 25.3. The van der Waals surface area contributed by atoms with Gasteiger partial charge in [0.05, 0.1) is 0 Å². The van der Waals surface area contributed by atoms with Gasteiger partial charge >= 0.3 is 227 Å². The summed E-state index contributed by atoms with van der Waals surface area (Å²) >= 11 is -3.03. The molecule has 0 amide bonds. The van der Waals surface area contributed by atoms with Gasteiger partial charge in [0.25, 0.3) is 0 Å². The molecule has 1 heterocycles. The van der Waals surface area contributed by atoms with Crippen LogP contribution in [0.15, 0.2) is 108 Å². The van der Waals surface area contributed by atoms with Crippen LogP contribution in [0.25, 0.3) is 33.4 Å². The van der Waals surface area contributed by atoms with E-state index in [4.69, 9.17) is 0 Å². The second-order valence-electron chi connectivity index (χ2n) is 11.8. The molecule has 0 aromatic heterocycles. The Balaban J connectivity index is 1.46. The SMILES string of the molecule is CC1=C2CCC3=C(C)[CH](c4cccc(-c5ccccc5)c43)[Hf]([CH3])([CH3])[CH]1c1cccc(-c3ccccc3)c12. The maximum atomic E-state index is 2.75. The fourth-order valence-corrected chi connectivity index (χ4v) is 26.2. The minimum atomic E-state index is -3.03. The van der Waals surface area contributed by atoms with E-state index in [1.165, 1.54) is 22.3 Å². The molecule has 4 aromatic rings. The Bertz CT molecular complexity index is 1480. The van der Waals surface area contributed by atoms with Gasteiger partial charge in [-0.05, 0) is 0 Å². The molecule has 0 saturated carbocycles. The van der Waals surface area contributed by atoms with Crippen LogP contribution in [-0.2, 0) is 20.0 Å². The predicted molar refractivity (Wildman–Crippen MR) is 155 cm³/mol. The number of fused-ring (bicyclic) bond motifs is 8. The third-order valence-corrected chi connectivity index (χ3v) is 25.6. The summed E-state index contributed by atoms with van der Waals surface area (Å²) in [5, 5.41) is 0. The molecule has 0 fully saturated rings. The first kappa shape index (κ1) is 23.4. The quantitative estimate of drug-likeness (QED) is 0.191. The van der Waals surface area contributed by atoms with Crippen LogP contribution in [0.3, 0.4) is 0 Å². The van der Waals surface area contributed by atoms with Gasteiger partial charge in [0.15, 0.2) is 0 Å². The molecule has 4 aromatic carbocycles. The molecule has 37 heavy (non-hydrogen) atoms. The Morgan fingerprint density at radius 3 is 1.32 bits per heavy atom. The average Bonchev–Trinajstić information content (AvgIpc) is 3.38. The summed E-state index contributed by atoms with van der Waals surface area (Å²) in [7, 11) is 0. The summed E-state index contributed by atoms with van der Waals surface area (Å²) < 4.78 is 6.77. The van der Waals surface area contributed by atoms with Gasteiger partial charge in [0, 0.05) is 0 Å². The normalized spacial score (nSPS) is 21.3. The first-order valence-electron chi connectivity index (χ1n) is 13.7. The fraction of sp³-hybridized carbons (Fsp3) is 0.222. The molecular formula is C36H34Hf. The van der Waals surface area contributed by atoms with E-state index in [-0.39, 0.29) is 0 Å². The molecule has 2 aliphatic carbocycles. The first-order chi connectivity index (χ1) is 18.0. The number of benzene rings is 4. The standard InChI is InChI=1S/C34H28.2CH3.Hf/c1-23-21-27-15-9-17-31(25-11-5-3-6-12-25)33(27)29(23)19-20-30-24(2)22-28-16-10-18-32(34(28)30)26-13-7-4-8-14-26;;;/h3-18,21-22H,19-20H2,1-2H3;2*1H3;. The summed E-state index contributed by atoms with van der Waals surface area (Å²) in [5.41, 5.74) is 18.6. The molecule has 0 N–H and O–H groups in total. The molecule has 2 atom stereocenters. The molecule has 4 bridgehead atoms. The Morgan fingerprint density at radius 1 is 0.514 bits per heavy atom. The van der Waals surface area contributed by atoms with Gasteiger partial charge in [-0.25, -0.2) is 0 Å². The number of hydrogen-bond donors (Lipinski definition) is 0. The number of allylic oxidation sites excluding steroid dienone is 4. The van der Waals surface area contributed by atoms with Crippen molar-refractivity contribution < 1.29 is 20.0 Å². The van der Waals surface area contributed by atoms with E-state index in [0.29, 0.717) is 7.35 Å². The second kappa shape index (κ2) is 8.63. The van der Waals surface area contributed by atoms with Crippen LogP contribution in [0.2, 0.25) is 9.36 Å². The first-order valence-corrected chi connectivity index (χ1v) is 25.1. The van der Waals surface area contributed by atoms with Crippen LogP contribution in [-0.4, -0.2) is 0 Å². The molecule has 0 nitrogen and oxygen atoms in total. The van der Waals surface area contributed by atoms with Crippen LogP contribution >= 0.6 is 0 Å². The van der Waals surface area contributed by atoms with Crippen molar-refractivity contribution in [1.29, 1.82) is 0 Å². The third-order valence-electron chi connectivity index (χ3n) is 9.52. The van der Waals surface area contributed by atoms with E-state index in [2.05, 4.69) is 120 Å². The van der Waals surface area contributed by atoms with Crippen LogP contribution in [0, 0.1) is 0 Å². The van der Waals surface area contributed by atoms with Gasteiger partial charge in [-0.2, -0.15) is 0 Å². The predicted octanol–water partition coefficient (Wildman–Crippen LogP) is 10.4. The van der Waals surface area contributed by atoms with Gasteiger partial charge < -0.3 is 0 Å². The maximum absolute atomic E-state index is 3.03. The molecule has 0 radical (unpaired) electrons. The minimum absolute atomic E-state index is 0.631. The van der Waals surface area contributed by atoms with E-state index in [0.717, 1.165) is 12.8 Å². The van der Waals surface area contributed by atoms with Crippen LogP contribution < -0.4 is 0 Å². The summed E-state index contributed by atoms with van der Waals surface area (Å²) in [4.78, 5) is 0. The van der Waals surface area contributed by atoms with E-state index in [1.54, 1.807) is 44.5 Å². The van der Waals surface area contributed by atoms with E-state index >= 15 is 0 Å². The van der Waals surface area contributed by atoms with Gasteiger partial charge in [0.1, 0.15) is 0 Å². The van der Waals surface area contributed by atoms with Crippen LogP contribution in [0.4, 0.5) is 0 Å². The summed E-state index contributed by atoms with van der Waals surface area (Å²) in [6.45, 7) is 4.97. The monoisotopic (exact) mass is 646 g/mol. The fourth-order valence-electron chi connectivity index (χ4n) is 8.20. The molecule has 1 aliphatic heterocycles. The molecule has 0 saturated heterocycles. The van der Waals surface area contributed by atoms with E-state index in [9.17, 15) is 0 Å². The van der Waals surface area contributed by atoms with E-state index in [1.807, 2.05) is 0 Å². The summed E-state index contributed by atoms with van der Waals surface area (Å²) in [6, 6.07) is 36.5. The zero-order valence-corrected chi connectivity index (χ0v) is 25.9. The van der Waals surface area contributed by atoms with Crippen molar-refractivity contribution in [3.63, 3.8) is 0 Å².